The number of rotatable bonds is 6. The Balaban J connectivity index is 0.00000154. The Morgan fingerprint density at radius 2 is 1.68 bits per heavy atom. The second kappa shape index (κ2) is 9.78. The molecule has 0 bridgehead atoms. The molecule has 19 heavy (non-hydrogen) atoms. The predicted molar refractivity (Wildman–Crippen MR) is 80.4 cm³/mol. The smallest absolute Gasteiger partial charge is 0.188 e. The van der Waals surface area contributed by atoms with E-state index in [-0.39, 0.29) is 18.9 Å². The third kappa shape index (κ3) is 6.05. The number of benzene rings is 1. The Labute approximate surface area is 117 Å². The Kier molecular flexibility index (Phi) is 9.21. The van der Waals surface area contributed by atoms with Crippen LogP contribution < -0.4 is 10.5 Å². The summed E-state index contributed by atoms with van der Waals surface area (Å²) in [5, 5.41) is 0. The molecule has 4 nitrogen and oxygen atoms in total. The van der Waals surface area contributed by atoms with Gasteiger partial charge in [0.1, 0.15) is 5.75 Å². The fourth-order valence-electron chi connectivity index (χ4n) is 1.96. The van der Waals surface area contributed by atoms with Crippen molar-refractivity contribution in [2.75, 3.05) is 28.0 Å². The highest BCUT2D eigenvalue weighted by atomic mass is 16.7. The van der Waals surface area contributed by atoms with Crippen molar-refractivity contribution in [3.8, 4) is 5.75 Å². The number of ether oxygens (including phenoxy) is 2. The molecular weight excluding hydrogens is 240 g/mol. The second-order valence-electron chi connectivity index (χ2n) is 4.39. The molecular formula is C15H28N2O2. The van der Waals surface area contributed by atoms with Gasteiger partial charge in [0.05, 0.1) is 0 Å². The lowest BCUT2D eigenvalue weighted by atomic mass is 10.00. The van der Waals surface area contributed by atoms with Gasteiger partial charge in [0.15, 0.2) is 6.79 Å². The average Bonchev–Trinajstić information content (AvgIpc) is 2.39. The molecule has 2 atom stereocenters. The Hall–Kier alpha value is -1.10. The highest BCUT2D eigenvalue weighted by Crippen LogP contribution is 2.23. The van der Waals surface area contributed by atoms with Crippen LogP contribution in [0.4, 0.5) is 0 Å². The summed E-state index contributed by atoms with van der Waals surface area (Å²) in [6.07, 6.45) is 0. The van der Waals surface area contributed by atoms with Crippen molar-refractivity contribution in [2.45, 2.75) is 32.9 Å². The van der Waals surface area contributed by atoms with Crippen LogP contribution in [0.15, 0.2) is 24.3 Å². The molecule has 0 aliphatic rings. The minimum Gasteiger partial charge on any atom is -0.468 e. The molecule has 1 aromatic rings. The maximum Gasteiger partial charge on any atom is 0.188 e. The van der Waals surface area contributed by atoms with Crippen molar-refractivity contribution in [1.82, 2.24) is 4.90 Å². The lowest BCUT2D eigenvalue weighted by Crippen LogP contribution is -2.34. The van der Waals surface area contributed by atoms with Crippen LogP contribution in [0.5, 0.6) is 5.75 Å². The zero-order chi connectivity index (χ0) is 14.8. The first kappa shape index (κ1) is 17.9. The normalized spacial score (nSPS) is 13.5. The molecule has 1 aromatic carbocycles. The van der Waals surface area contributed by atoms with Crippen LogP contribution >= 0.6 is 0 Å². The van der Waals surface area contributed by atoms with Crippen molar-refractivity contribution in [3.63, 3.8) is 0 Å². The van der Waals surface area contributed by atoms with Crippen molar-refractivity contribution in [3.05, 3.63) is 29.8 Å². The summed E-state index contributed by atoms with van der Waals surface area (Å²) in [5.74, 6) is 0.804. The van der Waals surface area contributed by atoms with E-state index in [1.54, 1.807) is 7.11 Å². The molecule has 1 unspecified atom stereocenters. The molecule has 0 heterocycles. The third-order valence-electron chi connectivity index (χ3n) is 2.62. The fourth-order valence-corrected chi connectivity index (χ4v) is 1.96. The van der Waals surface area contributed by atoms with Gasteiger partial charge in [-0.15, -0.1) is 0 Å². The van der Waals surface area contributed by atoms with Crippen molar-refractivity contribution >= 4 is 0 Å². The summed E-state index contributed by atoms with van der Waals surface area (Å²) in [4.78, 5) is 2.12. The topological polar surface area (TPSA) is 47.7 Å². The molecule has 4 heteroatoms. The maximum atomic E-state index is 5.99. The van der Waals surface area contributed by atoms with Crippen LogP contribution in [-0.4, -0.2) is 38.9 Å². The Morgan fingerprint density at radius 1 is 1.16 bits per heavy atom. The van der Waals surface area contributed by atoms with Gasteiger partial charge in [0, 0.05) is 19.2 Å². The quantitative estimate of drug-likeness (QED) is 0.806. The van der Waals surface area contributed by atoms with E-state index in [1.807, 2.05) is 59.1 Å². The number of nitrogens with two attached hydrogens (primary N) is 1. The highest BCUT2D eigenvalue weighted by Gasteiger charge is 2.18. The first-order valence-corrected chi connectivity index (χ1v) is 6.70. The number of likely N-dealkylation sites (N-methyl/N-ethyl adjacent to an activating group) is 1. The number of nitrogens with zero attached hydrogens (tertiary/aromatic N) is 1. The van der Waals surface area contributed by atoms with E-state index in [9.17, 15) is 0 Å². The Bertz CT molecular complexity index is 315. The van der Waals surface area contributed by atoms with Crippen LogP contribution in [0.3, 0.4) is 0 Å². The van der Waals surface area contributed by atoms with Crippen LogP contribution in [0.25, 0.3) is 0 Å². The molecule has 0 saturated heterocycles. The van der Waals surface area contributed by atoms with Crippen molar-refractivity contribution in [1.29, 1.82) is 0 Å². The standard InChI is InChI=1S/C13H22N2O2.C2H6/c1-10(14)13(15(2)3)11-5-7-12(8-6-11)17-9-16-4;1-2/h5-8,10,13H,9,14H2,1-4H3;1-2H3/t10-,13?;/m0./s1. The lowest BCUT2D eigenvalue weighted by Gasteiger charge is -2.28. The van der Waals surface area contributed by atoms with Crippen molar-refractivity contribution < 1.29 is 9.47 Å². The lowest BCUT2D eigenvalue weighted by molar-refractivity contribution is 0.0511. The number of hydrogen-bond acceptors (Lipinski definition) is 4. The molecule has 0 radical (unpaired) electrons. The van der Waals surface area contributed by atoms with Gasteiger partial charge >= 0.3 is 0 Å². The van der Waals surface area contributed by atoms with Crippen LogP contribution in [0.2, 0.25) is 0 Å². The van der Waals surface area contributed by atoms with Gasteiger partial charge < -0.3 is 20.1 Å². The number of methoxy groups -OCH3 is 1. The van der Waals surface area contributed by atoms with Crippen LogP contribution in [-0.2, 0) is 4.74 Å². The van der Waals surface area contributed by atoms with Gasteiger partial charge in [-0.05, 0) is 38.7 Å². The molecule has 0 aliphatic heterocycles. The van der Waals surface area contributed by atoms with E-state index in [0.717, 1.165) is 5.75 Å². The largest absolute Gasteiger partial charge is 0.468 e. The van der Waals surface area contributed by atoms with Gasteiger partial charge in [0.2, 0.25) is 0 Å². The molecule has 1 rings (SSSR count). The van der Waals surface area contributed by atoms with E-state index in [4.69, 9.17) is 15.2 Å². The molecule has 0 saturated carbocycles. The SMILES string of the molecule is CC.COCOc1ccc(C([C@H](C)N)N(C)C)cc1. The van der Waals surface area contributed by atoms with Crippen LogP contribution in [0.1, 0.15) is 32.4 Å². The molecule has 110 valence electrons. The van der Waals surface area contributed by atoms with E-state index < -0.39 is 0 Å². The fraction of sp³-hybridized carbons (Fsp3) is 0.600. The second-order valence-corrected chi connectivity index (χ2v) is 4.39. The molecule has 0 amide bonds. The molecule has 2 N–H and O–H groups in total. The van der Waals surface area contributed by atoms with Gasteiger partial charge in [-0.3, -0.25) is 0 Å². The van der Waals surface area contributed by atoms with Crippen LogP contribution in [0, 0.1) is 0 Å². The summed E-state index contributed by atoms with van der Waals surface area (Å²) < 4.78 is 10.2. The molecule has 0 aliphatic carbocycles. The summed E-state index contributed by atoms with van der Waals surface area (Å²) in [6, 6.07) is 8.25. The van der Waals surface area contributed by atoms with E-state index in [1.165, 1.54) is 5.56 Å². The van der Waals surface area contributed by atoms with Gasteiger partial charge in [-0.25, -0.2) is 0 Å². The molecule has 0 fully saturated rings. The Morgan fingerprint density at radius 3 is 2.05 bits per heavy atom. The summed E-state index contributed by atoms with van der Waals surface area (Å²) in [7, 11) is 5.67. The zero-order valence-corrected chi connectivity index (χ0v) is 13.0. The highest BCUT2D eigenvalue weighted by molar-refractivity contribution is 5.29. The van der Waals surface area contributed by atoms with E-state index in [0.29, 0.717) is 0 Å². The van der Waals surface area contributed by atoms with Gasteiger partial charge in [-0.1, -0.05) is 26.0 Å². The zero-order valence-electron chi connectivity index (χ0n) is 13.0. The third-order valence-corrected chi connectivity index (χ3v) is 2.62. The summed E-state index contributed by atoms with van der Waals surface area (Å²) in [5.41, 5.74) is 7.18. The first-order chi connectivity index (χ1) is 9.06. The monoisotopic (exact) mass is 268 g/mol. The van der Waals surface area contributed by atoms with Gasteiger partial charge in [-0.2, -0.15) is 0 Å². The summed E-state index contributed by atoms with van der Waals surface area (Å²) >= 11 is 0. The first-order valence-electron chi connectivity index (χ1n) is 6.70. The molecule has 0 spiro atoms. The molecule has 0 aromatic heterocycles. The predicted octanol–water partition coefficient (Wildman–Crippen LogP) is 2.65. The van der Waals surface area contributed by atoms with Gasteiger partial charge in [0.25, 0.3) is 0 Å². The minimum atomic E-state index is 0.0794. The van der Waals surface area contributed by atoms with E-state index in [2.05, 4.69) is 4.90 Å². The average molecular weight is 268 g/mol. The minimum absolute atomic E-state index is 0.0794. The summed E-state index contributed by atoms with van der Waals surface area (Å²) in [6.45, 7) is 6.28. The maximum absolute atomic E-state index is 5.99. The van der Waals surface area contributed by atoms with Crippen molar-refractivity contribution in [2.24, 2.45) is 5.73 Å². The van der Waals surface area contributed by atoms with E-state index >= 15 is 0 Å². The number of hydrogen-bond donors (Lipinski definition) is 1.